The number of nitrogens with one attached hydrogen (secondary N) is 1. The number of fused-ring (bicyclic) bond motifs is 1. The quantitative estimate of drug-likeness (QED) is 0.313. The van der Waals surface area contributed by atoms with Crippen molar-refractivity contribution in [2.75, 3.05) is 0 Å². The third-order valence-electron chi connectivity index (χ3n) is 6.00. The Balaban J connectivity index is 1.49. The zero-order valence-electron chi connectivity index (χ0n) is 18.9. The highest BCUT2D eigenvalue weighted by atomic mass is 35.5. The van der Waals surface area contributed by atoms with Gasteiger partial charge in [0.1, 0.15) is 0 Å². The minimum absolute atomic E-state index is 0.0406. The van der Waals surface area contributed by atoms with Crippen molar-refractivity contribution < 1.29 is 22.8 Å². The van der Waals surface area contributed by atoms with E-state index in [1.807, 2.05) is 6.07 Å². The molecule has 1 aliphatic rings. The van der Waals surface area contributed by atoms with Crippen molar-refractivity contribution in [2.45, 2.75) is 24.7 Å². The largest absolute Gasteiger partial charge is 0.435 e. The second-order valence-electron chi connectivity index (χ2n) is 8.35. The van der Waals surface area contributed by atoms with E-state index in [4.69, 9.17) is 28.0 Å². The molecule has 11 heteroatoms. The molecule has 0 bridgehead atoms. The van der Waals surface area contributed by atoms with Gasteiger partial charge < -0.3 is 10.2 Å². The Morgan fingerprint density at radius 2 is 1.78 bits per heavy atom. The first-order valence-electron chi connectivity index (χ1n) is 11.0. The molecule has 2 aromatic carbocycles. The van der Waals surface area contributed by atoms with Crippen LogP contribution in [0, 0.1) is 0 Å². The average Bonchev–Trinajstić information content (AvgIpc) is 3.34. The summed E-state index contributed by atoms with van der Waals surface area (Å²) in [6.07, 6.45) is -2.41. The SMILES string of the molecule is O=C(NCc1ccccn1)c1cccc2c(C3=NOC(c4cc(Cl)cc(Cl)c4)(C(F)(F)F)C3)ccnc12. The molecule has 0 spiro atoms. The number of pyridine rings is 2. The van der Waals surface area contributed by atoms with E-state index in [1.54, 1.807) is 36.5 Å². The molecule has 5 rings (SSSR count). The maximum Gasteiger partial charge on any atom is 0.435 e. The molecule has 188 valence electrons. The Morgan fingerprint density at radius 1 is 1.00 bits per heavy atom. The van der Waals surface area contributed by atoms with E-state index in [2.05, 4.69) is 20.4 Å². The number of carbonyl (C=O) groups excluding carboxylic acids is 1. The molecular formula is C26H17Cl2F3N4O2. The highest BCUT2D eigenvalue weighted by Crippen LogP contribution is 2.50. The first-order chi connectivity index (χ1) is 17.7. The van der Waals surface area contributed by atoms with Gasteiger partial charge in [0.05, 0.1) is 29.0 Å². The molecule has 0 aliphatic carbocycles. The number of hydrogen-bond acceptors (Lipinski definition) is 5. The average molecular weight is 545 g/mol. The van der Waals surface area contributed by atoms with Gasteiger partial charge in [-0.3, -0.25) is 14.8 Å². The van der Waals surface area contributed by atoms with E-state index in [0.717, 1.165) is 12.1 Å². The highest BCUT2D eigenvalue weighted by Gasteiger charge is 2.62. The number of benzene rings is 2. The van der Waals surface area contributed by atoms with Crippen LogP contribution in [0.5, 0.6) is 0 Å². The first kappa shape index (κ1) is 25.0. The number of alkyl halides is 3. The lowest BCUT2D eigenvalue weighted by Crippen LogP contribution is -2.42. The molecule has 1 amide bonds. The molecular weight excluding hydrogens is 528 g/mol. The van der Waals surface area contributed by atoms with Crippen molar-refractivity contribution >= 4 is 45.7 Å². The minimum atomic E-state index is -4.83. The van der Waals surface area contributed by atoms with Crippen molar-refractivity contribution in [1.82, 2.24) is 15.3 Å². The number of halogens is 5. The lowest BCUT2D eigenvalue weighted by Gasteiger charge is -2.29. The standard InChI is InChI=1S/C26H17Cl2F3N4O2/c27-16-10-15(11-17(28)12-16)25(26(29,30)31)13-22(35-37-25)19-7-9-33-23-20(19)5-3-6-21(23)24(36)34-14-18-4-1-2-8-32-18/h1-12H,13-14H2,(H,34,36). The number of rotatable bonds is 5. The van der Waals surface area contributed by atoms with Gasteiger partial charge in [0, 0.05) is 45.4 Å². The van der Waals surface area contributed by atoms with Crippen LogP contribution in [-0.2, 0) is 17.0 Å². The predicted molar refractivity (Wildman–Crippen MR) is 134 cm³/mol. The summed E-state index contributed by atoms with van der Waals surface area (Å²) in [6.45, 7) is 0.201. The van der Waals surface area contributed by atoms with Crippen LogP contribution < -0.4 is 5.32 Å². The lowest BCUT2D eigenvalue weighted by atomic mass is 9.86. The molecule has 2 aromatic heterocycles. The summed E-state index contributed by atoms with van der Waals surface area (Å²) in [5.41, 5.74) is -1.37. The Morgan fingerprint density at radius 3 is 2.49 bits per heavy atom. The van der Waals surface area contributed by atoms with Crippen LogP contribution in [0.15, 0.2) is 78.2 Å². The molecule has 4 aromatic rings. The molecule has 0 saturated heterocycles. The summed E-state index contributed by atoms with van der Waals surface area (Å²) in [5.74, 6) is -0.399. The predicted octanol–water partition coefficient (Wildman–Crippen LogP) is 6.45. The molecule has 37 heavy (non-hydrogen) atoms. The molecule has 1 N–H and O–H groups in total. The van der Waals surface area contributed by atoms with E-state index in [1.165, 1.54) is 18.3 Å². The van der Waals surface area contributed by atoms with Gasteiger partial charge in [-0.25, -0.2) is 0 Å². The van der Waals surface area contributed by atoms with Gasteiger partial charge in [0.2, 0.25) is 0 Å². The molecule has 3 heterocycles. The fourth-order valence-electron chi connectivity index (χ4n) is 4.21. The third-order valence-corrected chi connectivity index (χ3v) is 6.43. The van der Waals surface area contributed by atoms with Crippen LogP contribution >= 0.6 is 23.2 Å². The van der Waals surface area contributed by atoms with Crippen molar-refractivity contribution in [1.29, 1.82) is 0 Å². The maximum atomic E-state index is 14.4. The monoisotopic (exact) mass is 544 g/mol. The summed E-state index contributed by atoms with van der Waals surface area (Å²) in [6, 6.07) is 15.4. The van der Waals surface area contributed by atoms with Crippen molar-refractivity contribution in [3.05, 3.63) is 105 Å². The van der Waals surface area contributed by atoms with Gasteiger partial charge in [-0.2, -0.15) is 13.2 Å². The normalized spacial score (nSPS) is 17.4. The topological polar surface area (TPSA) is 76.5 Å². The number of aromatic nitrogens is 2. The summed E-state index contributed by atoms with van der Waals surface area (Å²) >= 11 is 12.0. The fourth-order valence-corrected chi connectivity index (χ4v) is 4.74. The number of hydrogen-bond donors (Lipinski definition) is 1. The maximum absolute atomic E-state index is 14.4. The Kier molecular flexibility index (Phi) is 6.51. The van der Waals surface area contributed by atoms with Gasteiger partial charge in [-0.1, -0.05) is 46.6 Å². The zero-order chi connectivity index (χ0) is 26.2. The van der Waals surface area contributed by atoms with Crippen LogP contribution in [0.3, 0.4) is 0 Å². The summed E-state index contributed by atoms with van der Waals surface area (Å²) in [5, 5.41) is 7.16. The Hall–Kier alpha value is -3.69. The number of oxime groups is 1. The fraction of sp³-hybridized carbons (Fsp3) is 0.154. The van der Waals surface area contributed by atoms with Crippen molar-refractivity contribution in [3.8, 4) is 0 Å². The van der Waals surface area contributed by atoms with E-state index < -0.39 is 24.1 Å². The van der Waals surface area contributed by atoms with Crippen molar-refractivity contribution in [2.24, 2.45) is 5.16 Å². The molecule has 6 nitrogen and oxygen atoms in total. The first-order valence-corrected chi connectivity index (χ1v) is 11.8. The molecule has 1 aliphatic heterocycles. The molecule has 1 atom stereocenters. The van der Waals surface area contributed by atoms with Crippen LogP contribution in [-0.4, -0.2) is 27.8 Å². The van der Waals surface area contributed by atoms with Crippen LogP contribution in [0.25, 0.3) is 10.9 Å². The zero-order valence-corrected chi connectivity index (χ0v) is 20.4. The van der Waals surface area contributed by atoms with Gasteiger partial charge in [-0.05, 0) is 42.5 Å². The summed E-state index contributed by atoms with van der Waals surface area (Å²) in [4.78, 5) is 26.6. The highest BCUT2D eigenvalue weighted by molar-refractivity contribution is 6.34. The minimum Gasteiger partial charge on any atom is -0.374 e. The van der Waals surface area contributed by atoms with Gasteiger partial charge in [-0.15, -0.1) is 0 Å². The number of carbonyl (C=O) groups is 1. The molecule has 0 saturated carbocycles. The number of amides is 1. The molecule has 0 fully saturated rings. The third kappa shape index (κ3) is 4.72. The van der Waals surface area contributed by atoms with Gasteiger partial charge in [0.25, 0.3) is 11.5 Å². The second kappa shape index (κ2) is 9.64. The Labute approximate surface area is 219 Å². The van der Waals surface area contributed by atoms with E-state index in [0.29, 0.717) is 22.2 Å². The second-order valence-corrected chi connectivity index (χ2v) is 9.23. The van der Waals surface area contributed by atoms with Gasteiger partial charge >= 0.3 is 6.18 Å². The van der Waals surface area contributed by atoms with E-state index in [-0.39, 0.29) is 33.4 Å². The summed E-state index contributed by atoms with van der Waals surface area (Å²) < 4.78 is 43.2. The number of para-hydroxylation sites is 1. The molecule has 0 radical (unpaired) electrons. The van der Waals surface area contributed by atoms with Gasteiger partial charge in [0.15, 0.2) is 0 Å². The Bertz CT molecular complexity index is 1510. The summed E-state index contributed by atoms with van der Waals surface area (Å²) in [7, 11) is 0. The number of nitrogens with zero attached hydrogens (tertiary/aromatic N) is 3. The van der Waals surface area contributed by atoms with Crippen LogP contribution in [0.2, 0.25) is 10.0 Å². The van der Waals surface area contributed by atoms with Crippen molar-refractivity contribution in [3.63, 3.8) is 0 Å². The smallest absolute Gasteiger partial charge is 0.374 e. The van der Waals surface area contributed by atoms with E-state index in [9.17, 15) is 18.0 Å². The van der Waals surface area contributed by atoms with E-state index >= 15 is 0 Å². The van der Waals surface area contributed by atoms with Crippen LogP contribution in [0.4, 0.5) is 13.2 Å². The molecule has 1 unspecified atom stereocenters. The van der Waals surface area contributed by atoms with Crippen LogP contribution in [0.1, 0.15) is 33.6 Å². The lowest BCUT2D eigenvalue weighted by molar-refractivity contribution is -0.275.